The Hall–Kier alpha value is -3.58. The van der Waals surface area contributed by atoms with Crippen molar-refractivity contribution in [3.05, 3.63) is 92.0 Å². The lowest BCUT2D eigenvalue weighted by Gasteiger charge is -2.07. The molecular formula is C23H15Cl2FN6O3S2. The summed E-state index contributed by atoms with van der Waals surface area (Å²) in [5.74, 6) is -0.644. The van der Waals surface area contributed by atoms with Crippen LogP contribution in [0.4, 0.5) is 10.1 Å². The average Bonchev–Trinajstić information content (AvgIpc) is 3.42. The van der Waals surface area contributed by atoms with Crippen LogP contribution in [0.2, 0.25) is 10.0 Å². The number of fused-ring (bicyclic) bond motifs is 1. The summed E-state index contributed by atoms with van der Waals surface area (Å²) < 4.78 is 43.7. The van der Waals surface area contributed by atoms with Gasteiger partial charge in [-0.15, -0.1) is 10.2 Å². The second kappa shape index (κ2) is 9.71. The van der Waals surface area contributed by atoms with Crippen LogP contribution in [0.15, 0.2) is 65.1 Å². The minimum absolute atomic E-state index is 0.0403. The lowest BCUT2D eigenvalue weighted by atomic mass is 10.2. The van der Waals surface area contributed by atoms with Gasteiger partial charge in [0, 0.05) is 18.2 Å². The fraction of sp³-hybridized carbons (Fsp3) is 0.0435. The molecule has 37 heavy (non-hydrogen) atoms. The number of benzene rings is 2. The lowest BCUT2D eigenvalue weighted by Crippen LogP contribution is -2.16. The summed E-state index contributed by atoms with van der Waals surface area (Å²) >= 11 is 13.2. The van der Waals surface area contributed by atoms with Gasteiger partial charge in [-0.25, -0.2) is 27.0 Å². The first-order valence-corrected chi connectivity index (χ1v) is 13.6. The van der Waals surface area contributed by atoms with E-state index in [4.69, 9.17) is 23.2 Å². The fourth-order valence-corrected chi connectivity index (χ4v) is 5.79. The van der Waals surface area contributed by atoms with E-state index in [1.54, 1.807) is 0 Å². The maximum Gasteiger partial charge on any atom is 0.279 e. The average molecular weight is 577 g/mol. The van der Waals surface area contributed by atoms with Crippen LogP contribution in [0.5, 0.6) is 0 Å². The highest BCUT2D eigenvalue weighted by atomic mass is 35.5. The maximum absolute atomic E-state index is 13.4. The SMILES string of the molecule is Cn1c(=O)c(-c2nnc(-c3ccccc3)s2)c2ncc(NS(=O)(=O)/C=C/c3c(Cl)cc(F)cc3Cl)cn21. The van der Waals surface area contributed by atoms with Gasteiger partial charge in [0.1, 0.15) is 16.4 Å². The quantitative estimate of drug-likeness (QED) is 0.302. The van der Waals surface area contributed by atoms with Gasteiger partial charge < -0.3 is 0 Å². The zero-order valence-electron chi connectivity index (χ0n) is 18.8. The molecule has 3 aromatic heterocycles. The molecule has 0 spiro atoms. The molecule has 0 fully saturated rings. The summed E-state index contributed by atoms with van der Waals surface area (Å²) in [5.41, 5.74) is 1.26. The van der Waals surface area contributed by atoms with E-state index in [1.165, 1.54) is 40.0 Å². The molecule has 0 unspecified atom stereocenters. The second-order valence-corrected chi connectivity index (χ2v) is 11.1. The topological polar surface area (TPSA) is 111 Å². The molecule has 3 heterocycles. The Morgan fingerprint density at radius 1 is 1.08 bits per heavy atom. The Kier molecular flexibility index (Phi) is 6.58. The predicted molar refractivity (Wildman–Crippen MR) is 143 cm³/mol. The van der Waals surface area contributed by atoms with Gasteiger partial charge in [-0.1, -0.05) is 64.9 Å². The van der Waals surface area contributed by atoms with Gasteiger partial charge in [-0.05, 0) is 18.2 Å². The molecule has 0 saturated heterocycles. The third-order valence-corrected chi connectivity index (χ3v) is 7.87. The van der Waals surface area contributed by atoms with Crippen LogP contribution >= 0.6 is 34.5 Å². The van der Waals surface area contributed by atoms with Gasteiger partial charge in [0.05, 0.1) is 33.5 Å². The number of rotatable bonds is 6. The summed E-state index contributed by atoms with van der Waals surface area (Å²) in [5, 5.41) is 10.2. The fourth-order valence-electron chi connectivity index (χ4n) is 3.51. The summed E-state index contributed by atoms with van der Waals surface area (Å²) in [6.45, 7) is 0. The molecule has 0 aliphatic rings. The number of sulfonamides is 1. The van der Waals surface area contributed by atoms with E-state index in [2.05, 4.69) is 19.9 Å². The van der Waals surface area contributed by atoms with E-state index >= 15 is 0 Å². The molecule has 1 N–H and O–H groups in total. The van der Waals surface area contributed by atoms with Crippen molar-refractivity contribution in [2.24, 2.45) is 7.05 Å². The Labute approximate surface area is 223 Å². The zero-order chi connectivity index (χ0) is 26.3. The number of anilines is 1. The maximum atomic E-state index is 13.4. The first-order chi connectivity index (χ1) is 17.6. The molecule has 0 saturated carbocycles. The lowest BCUT2D eigenvalue weighted by molar-refractivity contribution is 0.609. The summed E-state index contributed by atoms with van der Waals surface area (Å²) in [6.07, 6.45) is 3.85. The predicted octanol–water partition coefficient (Wildman–Crippen LogP) is 5.08. The number of nitrogens with one attached hydrogen (secondary N) is 1. The first kappa shape index (κ1) is 25.1. The zero-order valence-corrected chi connectivity index (χ0v) is 21.9. The van der Waals surface area contributed by atoms with Gasteiger partial charge in [0.25, 0.3) is 15.6 Å². The van der Waals surface area contributed by atoms with E-state index in [0.717, 1.165) is 29.2 Å². The van der Waals surface area contributed by atoms with Crippen LogP contribution in [-0.2, 0) is 17.1 Å². The molecule has 0 aliphatic heterocycles. The summed E-state index contributed by atoms with van der Waals surface area (Å²) in [6, 6.07) is 11.5. The largest absolute Gasteiger partial charge is 0.279 e. The van der Waals surface area contributed by atoms with Crippen molar-refractivity contribution in [2.75, 3.05) is 4.72 Å². The van der Waals surface area contributed by atoms with Crippen LogP contribution in [0.3, 0.4) is 0 Å². The number of halogens is 3. The van der Waals surface area contributed by atoms with Crippen LogP contribution in [0, 0.1) is 5.82 Å². The Morgan fingerprint density at radius 3 is 2.46 bits per heavy atom. The highest BCUT2D eigenvalue weighted by Gasteiger charge is 2.21. The molecule has 0 aliphatic carbocycles. The van der Waals surface area contributed by atoms with Gasteiger partial charge >= 0.3 is 0 Å². The standard InChI is InChI=1S/C23H15Cl2FN6O3S2/c1-31-23(33)19(22-29-28-21(36-22)13-5-3-2-4-6-13)20-27-11-15(12-32(20)31)30-37(34,35)8-7-16-17(24)9-14(26)10-18(16)25/h2-12,30H,1H3/b8-7+. The van der Waals surface area contributed by atoms with Gasteiger partial charge in [0.15, 0.2) is 10.7 Å². The molecule has 188 valence electrons. The normalized spacial score (nSPS) is 12.0. The van der Waals surface area contributed by atoms with Crippen LogP contribution in [0.1, 0.15) is 5.56 Å². The summed E-state index contributed by atoms with van der Waals surface area (Å²) in [4.78, 5) is 17.3. The molecule has 5 aromatic rings. The Balaban J connectivity index is 1.46. The van der Waals surface area contributed by atoms with E-state index in [1.807, 2.05) is 30.3 Å². The minimum Gasteiger partial charge on any atom is -0.277 e. The van der Waals surface area contributed by atoms with Crippen LogP contribution in [0.25, 0.3) is 32.9 Å². The minimum atomic E-state index is -4.04. The molecule has 0 atom stereocenters. The van der Waals surface area contributed by atoms with Crippen LogP contribution < -0.4 is 10.3 Å². The second-order valence-electron chi connectivity index (χ2n) is 7.73. The van der Waals surface area contributed by atoms with Gasteiger partial charge in [-0.2, -0.15) is 0 Å². The van der Waals surface area contributed by atoms with E-state index in [9.17, 15) is 17.6 Å². The van der Waals surface area contributed by atoms with Crippen molar-refractivity contribution < 1.29 is 12.8 Å². The van der Waals surface area contributed by atoms with Crippen LogP contribution in [-0.4, -0.2) is 32.8 Å². The van der Waals surface area contributed by atoms with Crippen molar-refractivity contribution >= 4 is 62.0 Å². The third kappa shape index (κ3) is 5.01. The van der Waals surface area contributed by atoms with Crippen molar-refractivity contribution in [2.45, 2.75) is 0 Å². The number of aromatic nitrogens is 5. The van der Waals surface area contributed by atoms with E-state index < -0.39 is 15.8 Å². The summed E-state index contributed by atoms with van der Waals surface area (Å²) in [7, 11) is -2.52. The molecule has 0 bridgehead atoms. The molecule has 0 amide bonds. The number of hydrogen-bond donors (Lipinski definition) is 1. The molecule has 0 radical (unpaired) electrons. The molecule has 5 rings (SSSR count). The number of hydrogen-bond acceptors (Lipinski definition) is 7. The van der Waals surface area contributed by atoms with Gasteiger partial charge in [-0.3, -0.25) is 9.52 Å². The number of nitrogens with zero attached hydrogens (tertiary/aromatic N) is 5. The Morgan fingerprint density at radius 2 is 1.76 bits per heavy atom. The smallest absolute Gasteiger partial charge is 0.277 e. The van der Waals surface area contributed by atoms with Crippen molar-refractivity contribution in [3.8, 4) is 21.1 Å². The number of aryl methyl sites for hydroxylation is 1. The van der Waals surface area contributed by atoms with E-state index in [-0.39, 0.29) is 38.1 Å². The van der Waals surface area contributed by atoms with Crippen molar-refractivity contribution in [3.63, 3.8) is 0 Å². The first-order valence-electron chi connectivity index (χ1n) is 10.4. The van der Waals surface area contributed by atoms with Crippen molar-refractivity contribution in [1.82, 2.24) is 24.4 Å². The molecule has 9 nitrogen and oxygen atoms in total. The highest BCUT2D eigenvalue weighted by molar-refractivity contribution is 7.95. The molecule has 14 heteroatoms. The highest BCUT2D eigenvalue weighted by Crippen LogP contribution is 2.31. The van der Waals surface area contributed by atoms with Crippen molar-refractivity contribution in [1.29, 1.82) is 0 Å². The van der Waals surface area contributed by atoms with Gasteiger partial charge in [0.2, 0.25) is 0 Å². The Bertz CT molecular complexity index is 1830. The monoisotopic (exact) mass is 576 g/mol. The van der Waals surface area contributed by atoms with E-state index in [0.29, 0.717) is 10.0 Å². The molecule has 2 aromatic carbocycles. The third-order valence-electron chi connectivity index (χ3n) is 5.24. The molecular weight excluding hydrogens is 562 g/mol.